The van der Waals surface area contributed by atoms with E-state index in [-0.39, 0.29) is 16.6 Å². The van der Waals surface area contributed by atoms with Crippen molar-refractivity contribution in [3.63, 3.8) is 0 Å². The fourth-order valence-corrected chi connectivity index (χ4v) is 2.68. The molecule has 0 spiro atoms. The van der Waals surface area contributed by atoms with Crippen LogP contribution >= 0.6 is 11.3 Å². The summed E-state index contributed by atoms with van der Waals surface area (Å²) in [6.45, 7) is 0.219. The Kier molecular flexibility index (Phi) is 4.19. The van der Waals surface area contributed by atoms with E-state index in [1.54, 1.807) is 12.1 Å². The van der Waals surface area contributed by atoms with Crippen LogP contribution in [-0.4, -0.2) is 24.9 Å². The lowest BCUT2D eigenvalue weighted by Gasteiger charge is -2.04. The summed E-state index contributed by atoms with van der Waals surface area (Å²) < 4.78 is 59.6. The van der Waals surface area contributed by atoms with Crippen molar-refractivity contribution in [3.8, 4) is 0 Å². The molecule has 0 aliphatic rings. The second-order valence-electron chi connectivity index (χ2n) is 4.18. The minimum absolute atomic E-state index is 0.0505. The van der Waals surface area contributed by atoms with Gasteiger partial charge in [-0.25, -0.2) is 8.42 Å². The second kappa shape index (κ2) is 5.60. The van der Waals surface area contributed by atoms with E-state index in [1.807, 2.05) is 0 Å². The predicted octanol–water partition coefficient (Wildman–Crippen LogP) is 2.57. The molecule has 0 unspecified atom stereocenters. The molecule has 0 saturated heterocycles. The Morgan fingerprint density at radius 1 is 1.19 bits per heavy atom. The number of nitrogens with zero attached hydrogens (tertiary/aromatic N) is 2. The van der Waals surface area contributed by atoms with Crippen LogP contribution in [0.2, 0.25) is 0 Å². The topological polar surface area (TPSA) is 72.0 Å². The number of rotatable bonds is 4. The van der Waals surface area contributed by atoms with Crippen molar-refractivity contribution in [2.45, 2.75) is 17.6 Å². The first-order valence-electron chi connectivity index (χ1n) is 5.60. The lowest BCUT2D eigenvalue weighted by atomic mass is 10.2. The van der Waals surface area contributed by atoms with Crippen LogP contribution in [0.5, 0.6) is 0 Å². The maximum absolute atomic E-state index is 12.3. The van der Waals surface area contributed by atoms with Crippen LogP contribution in [0.1, 0.15) is 10.6 Å². The Bertz CT molecular complexity index is 724. The standard InChI is InChI=1S/C11H10F3N3O2S2/c1-21(18,19)8-4-2-7(3-5-8)6-15-10-17-16-9(20-10)11(12,13)14/h2-5H,6H2,1H3,(H,15,17). The summed E-state index contributed by atoms with van der Waals surface area (Å²) in [6, 6.07) is 6.03. The normalized spacial score (nSPS) is 12.4. The van der Waals surface area contributed by atoms with Gasteiger partial charge in [0.2, 0.25) is 10.1 Å². The molecule has 21 heavy (non-hydrogen) atoms. The molecule has 10 heteroatoms. The highest BCUT2D eigenvalue weighted by atomic mass is 32.2. The quantitative estimate of drug-likeness (QED) is 0.928. The van der Waals surface area contributed by atoms with Crippen molar-refractivity contribution in [1.82, 2.24) is 10.2 Å². The van der Waals surface area contributed by atoms with Crippen LogP contribution in [0.25, 0.3) is 0 Å². The van der Waals surface area contributed by atoms with Crippen LogP contribution in [0, 0.1) is 0 Å². The van der Waals surface area contributed by atoms with Crippen molar-refractivity contribution in [2.75, 3.05) is 11.6 Å². The third-order valence-corrected chi connectivity index (χ3v) is 4.52. The number of alkyl halides is 3. The Hall–Kier alpha value is -1.68. The molecule has 1 heterocycles. The van der Waals surface area contributed by atoms with Gasteiger partial charge in [0.15, 0.2) is 9.84 Å². The summed E-state index contributed by atoms with van der Waals surface area (Å²) >= 11 is 0.412. The highest BCUT2D eigenvalue weighted by Crippen LogP contribution is 2.33. The number of anilines is 1. The van der Waals surface area contributed by atoms with Gasteiger partial charge in [0.25, 0.3) is 0 Å². The summed E-state index contributed by atoms with van der Waals surface area (Å²) in [5.74, 6) is 0. The summed E-state index contributed by atoms with van der Waals surface area (Å²) in [5.41, 5.74) is 0.714. The van der Waals surface area contributed by atoms with E-state index in [1.165, 1.54) is 12.1 Å². The number of aromatic nitrogens is 2. The predicted molar refractivity (Wildman–Crippen MR) is 71.8 cm³/mol. The van der Waals surface area contributed by atoms with Crippen molar-refractivity contribution in [3.05, 3.63) is 34.8 Å². The number of hydrogen-bond donors (Lipinski definition) is 1. The Labute approximate surface area is 122 Å². The lowest BCUT2D eigenvalue weighted by Crippen LogP contribution is -2.03. The molecule has 0 fully saturated rings. The maximum Gasteiger partial charge on any atom is 0.445 e. The number of sulfone groups is 1. The fraction of sp³-hybridized carbons (Fsp3) is 0.273. The first kappa shape index (κ1) is 15.7. The molecule has 0 aliphatic carbocycles. The van der Waals surface area contributed by atoms with Gasteiger partial charge in [-0.2, -0.15) is 13.2 Å². The molecular formula is C11H10F3N3O2S2. The second-order valence-corrected chi connectivity index (χ2v) is 7.17. The van der Waals surface area contributed by atoms with Gasteiger partial charge in [-0.1, -0.05) is 23.5 Å². The zero-order valence-electron chi connectivity index (χ0n) is 10.7. The van der Waals surface area contributed by atoms with E-state index < -0.39 is 21.0 Å². The van der Waals surface area contributed by atoms with Gasteiger partial charge < -0.3 is 5.32 Å². The van der Waals surface area contributed by atoms with Crippen molar-refractivity contribution in [2.24, 2.45) is 0 Å². The molecule has 1 N–H and O–H groups in total. The molecule has 1 aromatic heterocycles. The molecule has 0 atom stereocenters. The molecule has 2 aromatic rings. The molecule has 0 radical (unpaired) electrons. The molecule has 5 nitrogen and oxygen atoms in total. The Morgan fingerprint density at radius 2 is 1.81 bits per heavy atom. The minimum atomic E-state index is -4.51. The van der Waals surface area contributed by atoms with Gasteiger partial charge in [0, 0.05) is 12.8 Å². The first-order chi connectivity index (χ1) is 9.66. The van der Waals surface area contributed by atoms with Gasteiger partial charge >= 0.3 is 6.18 Å². The summed E-state index contributed by atoms with van der Waals surface area (Å²) in [6.07, 6.45) is -3.41. The molecule has 0 bridgehead atoms. The number of halogens is 3. The van der Waals surface area contributed by atoms with Crippen LogP contribution in [0.3, 0.4) is 0 Å². The monoisotopic (exact) mass is 337 g/mol. The van der Waals surface area contributed by atoms with Crippen LogP contribution in [-0.2, 0) is 22.6 Å². The van der Waals surface area contributed by atoms with E-state index in [0.29, 0.717) is 16.9 Å². The van der Waals surface area contributed by atoms with Crippen molar-refractivity contribution in [1.29, 1.82) is 0 Å². The molecule has 1 aromatic carbocycles. The summed E-state index contributed by atoms with van der Waals surface area (Å²) in [4.78, 5) is 0.182. The molecule has 114 valence electrons. The van der Waals surface area contributed by atoms with Gasteiger partial charge in [-0.05, 0) is 17.7 Å². The van der Waals surface area contributed by atoms with Gasteiger partial charge in [0.1, 0.15) is 0 Å². The van der Waals surface area contributed by atoms with E-state index in [4.69, 9.17) is 0 Å². The largest absolute Gasteiger partial charge is 0.445 e. The molecule has 0 aliphatic heterocycles. The molecule has 0 saturated carbocycles. The molecule has 0 amide bonds. The average Bonchev–Trinajstić information content (AvgIpc) is 2.84. The maximum atomic E-state index is 12.3. The van der Waals surface area contributed by atoms with E-state index in [9.17, 15) is 21.6 Å². The zero-order valence-corrected chi connectivity index (χ0v) is 12.3. The smallest absolute Gasteiger partial charge is 0.356 e. The van der Waals surface area contributed by atoms with Crippen LogP contribution in [0.4, 0.5) is 18.3 Å². The number of hydrogen-bond acceptors (Lipinski definition) is 6. The van der Waals surface area contributed by atoms with Gasteiger partial charge in [-0.3, -0.25) is 0 Å². The van der Waals surface area contributed by atoms with E-state index in [0.717, 1.165) is 6.26 Å². The highest BCUT2D eigenvalue weighted by Gasteiger charge is 2.35. The summed E-state index contributed by atoms with van der Waals surface area (Å²) in [7, 11) is -3.27. The third kappa shape index (κ3) is 4.14. The van der Waals surface area contributed by atoms with E-state index in [2.05, 4.69) is 15.5 Å². The number of benzene rings is 1. The summed E-state index contributed by atoms with van der Waals surface area (Å²) in [5, 5.41) is 8.19. The van der Waals surface area contributed by atoms with Gasteiger partial charge in [0.05, 0.1) is 4.90 Å². The first-order valence-corrected chi connectivity index (χ1v) is 8.30. The van der Waals surface area contributed by atoms with E-state index >= 15 is 0 Å². The lowest BCUT2D eigenvalue weighted by molar-refractivity contribution is -0.138. The van der Waals surface area contributed by atoms with Crippen molar-refractivity contribution >= 4 is 26.3 Å². The van der Waals surface area contributed by atoms with Crippen molar-refractivity contribution < 1.29 is 21.6 Å². The highest BCUT2D eigenvalue weighted by molar-refractivity contribution is 7.90. The Morgan fingerprint density at radius 3 is 2.29 bits per heavy atom. The SMILES string of the molecule is CS(=O)(=O)c1ccc(CNc2nnc(C(F)(F)F)s2)cc1. The molecular weight excluding hydrogens is 327 g/mol. The molecule has 2 rings (SSSR count). The third-order valence-electron chi connectivity index (χ3n) is 2.46. The minimum Gasteiger partial charge on any atom is -0.356 e. The van der Waals surface area contributed by atoms with Crippen LogP contribution < -0.4 is 5.32 Å². The van der Waals surface area contributed by atoms with Gasteiger partial charge in [-0.15, -0.1) is 10.2 Å². The zero-order chi connectivity index (χ0) is 15.7. The van der Waals surface area contributed by atoms with Crippen LogP contribution in [0.15, 0.2) is 29.2 Å². The fourth-order valence-electron chi connectivity index (χ4n) is 1.44. The Balaban J connectivity index is 2.02. The number of nitrogens with one attached hydrogen (secondary N) is 1. The average molecular weight is 337 g/mol.